The van der Waals surface area contributed by atoms with E-state index in [0.717, 1.165) is 10.9 Å². The van der Waals surface area contributed by atoms with Gasteiger partial charge in [-0.3, -0.25) is 4.79 Å². The molecule has 1 aromatic heterocycles. The zero-order valence-corrected chi connectivity index (χ0v) is 10.8. The van der Waals surface area contributed by atoms with Gasteiger partial charge in [0.2, 0.25) is 0 Å². The van der Waals surface area contributed by atoms with Gasteiger partial charge in [0, 0.05) is 17.3 Å². The first kappa shape index (κ1) is 13.6. The topological polar surface area (TPSA) is 85.3 Å². The number of carbonyl (C=O) groups excluding carboxylic acids is 1. The van der Waals surface area contributed by atoms with Crippen molar-refractivity contribution >= 4 is 16.8 Å². The van der Waals surface area contributed by atoms with Crippen molar-refractivity contribution < 1.29 is 15.0 Å². The number of hydrogen-bond acceptors (Lipinski definition) is 3. The average Bonchev–Trinajstić information content (AvgIpc) is 2.92. The Labute approximate surface area is 111 Å². The fourth-order valence-electron chi connectivity index (χ4n) is 1.94. The molecule has 0 bridgehead atoms. The molecule has 0 atom stereocenters. The lowest BCUT2D eigenvalue weighted by Crippen LogP contribution is -2.53. The molecule has 0 fully saturated rings. The van der Waals surface area contributed by atoms with Crippen LogP contribution < -0.4 is 5.32 Å². The third-order valence-corrected chi connectivity index (χ3v) is 3.48. The molecule has 4 N–H and O–H groups in total. The number of aromatic nitrogens is 1. The maximum absolute atomic E-state index is 12.2. The number of aliphatic hydroxyl groups excluding tert-OH is 2. The predicted octanol–water partition coefficient (Wildman–Crippen LogP) is 1.03. The summed E-state index contributed by atoms with van der Waals surface area (Å²) in [4.78, 5) is 15.2. The number of aromatic amines is 1. The zero-order valence-electron chi connectivity index (χ0n) is 10.8. The molecule has 0 unspecified atom stereocenters. The number of rotatable bonds is 5. The molecule has 2 rings (SSSR count). The molecule has 1 aromatic carbocycles. The first-order valence-electron chi connectivity index (χ1n) is 6.25. The molecule has 1 amide bonds. The Morgan fingerprint density at radius 3 is 2.68 bits per heavy atom. The van der Waals surface area contributed by atoms with E-state index in [9.17, 15) is 15.0 Å². The van der Waals surface area contributed by atoms with Crippen molar-refractivity contribution in [2.45, 2.75) is 18.9 Å². The Balaban J connectivity index is 2.23. The maximum atomic E-state index is 12.2. The summed E-state index contributed by atoms with van der Waals surface area (Å²) in [6.45, 7) is 1.22. The monoisotopic (exact) mass is 262 g/mol. The first-order chi connectivity index (χ1) is 9.14. The smallest absolute Gasteiger partial charge is 0.251 e. The maximum Gasteiger partial charge on any atom is 0.251 e. The van der Waals surface area contributed by atoms with Crippen molar-refractivity contribution in [3.05, 3.63) is 36.0 Å². The van der Waals surface area contributed by atoms with Crippen molar-refractivity contribution in [3.63, 3.8) is 0 Å². The van der Waals surface area contributed by atoms with Crippen molar-refractivity contribution in [1.82, 2.24) is 10.3 Å². The molecule has 2 aromatic rings. The second-order valence-electron chi connectivity index (χ2n) is 4.68. The van der Waals surface area contributed by atoms with Crippen LogP contribution in [0.3, 0.4) is 0 Å². The van der Waals surface area contributed by atoms with Crippen LogP contribution in [-0.2, 0) is 0 Å². The Hall–Kier alpha value is -1.85. The lowest BCUT2D eigenvalue weighted by Gasteiger charge is -2.29. The van der Waals surface area contributed by atoms with Gasteiger partial charge < -0.3 is 20.5 Å². The number of nitrogens with one attached hydrogen (secondary N) is 2. The molecule has 0 aliphatic carbocycles. The van der Waals surface area contributed by atoms with E-state index in [2.05, 4.69) is 10.3 Å². The molecule has 102 valence electrons. The second kappa shape index (κ2) is 5.42. The second-order valence-corrected chi connectivity index (χ2v) is 4.68. The van der Waals surface area contributed by atoms with Gasteiger partial charge in [0.25, 0.3) is 5.91 Å². The molecule has 5 nitrogen and oxygen atoms in total. The summed E-state index contributed by atoms with van der Waals surface area (Å²) in [5, 5.41) is 22.4. The Bertz CT molecular complexity index is 565. The summed E-state index contributed by atoms with van der Waals surface area (Å²) in [5.41, 5.74) is 0.402. The molecule has 0 aliphatic rings. The van der Waals surface area contributed by atoms with Gasteiger partial charge in [0.1, 0.15) is 0 Å². The number of carbonyl (C=O) groups is 1. The molecule has 0 spiro atoms. The summed E-state index contributed by atoms with van der Waals surface area (Å²) in [6.07, 6.45) is 2.26. The van der Waals surface area contributed by atoms with Gasteiger partial charge in [-0.2, -0.15) is 0 Å². The molecule has 5 heteroatoms. The molecule has 0 saturated heterocycles. The number of aliphatic hydroxyl groups is 2. The van der Waals surface area contributed by atoms with Crippen LogP contribution in [0.2, 0.25) is 0 Å². The molecule has 0 saturated carbocycles. The van der Waals surface area contributed by atoms with E-state index >= 15 is 0 Å². The van der Waals surface area contributed by atoms with E-state index in [1.807, 2.05) is 18.3 Å². The Morgan fingerprint density at radius 2 is 2.05 bits per heavy atom. The van der Waals surface area contributed by atoms with Gasteiger partial charge in [0.05, 0.1) is 18.8 Å². The third kappa shape index (κ3) is 2.62. The largest absolute Gasteiger partial charge is 0.394 e. The van der Waals surface area contributed by atoms with Crippen LogP contribution in [0.15, 0.2) is 30.5 Å². The fourth-order valence-corrected chi connectivity index (χ4v) is 1.94. The lowest BCUT2D eigenvalue weighted by atomic mass is 9.97. The Kier molecular flexibility index (Phi) is 3.87. The Morgan fingerprint density at radius 1 is 1.32 bits per heavy atom. The highest BCUT2D eigenvalue weighted by molar-refractivity contribution is 5.98. The van der Waals surface area contributed by atoms with E-state index in [-0.39, 0.29) is 19.1 Å². The van der Waals surface area contributed by atoms with E-state index in [0.29, 0.717) is 12.0 Å². The molecule has 0 aliphatic heterocycles. The normalized spacial score (nSPS) is 11.7. The highest BCUT2D eigenvalue weighted by Gasteiger charge is 2.28. The van der Waals surface area contributed by atoms with Crippen molar-refractivity contribution in [2.75, 3.05) is 13.2 Å². The number of fused-ring (bicyclic) bond motifs is 1. The summed E-state index contributed by atoms with van der Waals surface area (Å²) in [5.74, 6) is -0.304. The van der Waals surface area contributed by atoms with Crippen LogP contribution in [0.25, 0.3) is 10.9 Å². The number of amides is 1. The summed E-state index contributed by atoms with van der Waals surface area (Å²) < 4.78 is 0. The van der Waals surface area contributed by atoms with E-state index < -0.39 is 5.54 Å². The predicted molar refractivity (Wildman–Crippen MR) is 73.0 cm³/mol. The van der Waals surface area contributed by atoms with Crippen LogP contribution in [0.1, 0.15) is 23.7 Å². The van der Waals surface area contributed by atoms with E-state index in [1.165, 1.54) is 0 Å². The lowest BCUT2D eigenvalue weighted by molar-refractivity contribution is 0.0653. The van der Waals surface area contributed by atoms with E-state index in [1.54, 1.807) is 19.1 Å². The standard InChI is InChI=1S/C14H18N2O3/c1-2-14(8-17,9-18)16-13(19)11-4-3-10-5-6-15-12(10)7-11/h3-7,15,17-18H,2,8-9H2,1H3,(H,16,19). The minimum absolute atomic E-state index is 0.295. The van der Waals surface area contributed by atoms with Gasteiger partial charge in [-0.25, -0.2) is 0 Å². The van der Waals surface area contributed by atoms with Crippen LogP contribution in [0.5, 0.6) is 0 Å². The minimum Gasteiger partial charge on any atom is -0.394 e. The van der Waals surface area contributed by atoms with Crippen LogP contribution in [0.4, 0.5) is 0 Å². The van der Waals surface area contributed by atoms with Gasteiger partial charge in [-0.15, -0.1) is 0 Å². The molecule has 0 radical (unpaired) electrons. The van der Waals surface area contributed by atoms with Crippen molar-refractivity contribution in [1.29, 1.82) is 0 Å². The summed E-state index contributed by atoms with van der Waals surface area (Å²) in [6, 6.07) is 7.25. The van der Waals surface area contributed by atoms with Crippen LogP contribution >= 0.6 is 0 Å². The number of H-pyrrole nitrogens is 1. The minimum atomic E-state index is -0.970. The first-order valence-corrected chi connectivity index (χ1v) is 6.25. The quantitative estimate of drug-likeness (QED) is 0.649. The fraction of sp³-hybridized carbons (Fsp3) is 0.357. The highest BCUT2D eigenvalue weighted by Crippen LogP contribution is 2.16. The third-order valence-electron chi connectivity index (χ3n) is 3.48. The van der Waals surface area contributed by atoms with Crippen molar-refractivity contribution in [3.8, 4) is 0 Å². The molecule has 1 heterocycles. The molecule has 19 heavy (non-hydrogen) atoms. The van der Waals surface area contributed by atoms with Gasteiger partial charge >= 0.3 is 0 Å². The van der Waals surface area contributed by atoms with E-state index in [4.69, 9.17) is 0 Å². The van der Waals surface area contributed by atoms with Gasteiger partial charge in [0.15, 0.2) is 0 Å². The van der Waals surface area contributed by atoms with Gasteiger partial charge in [-0.05, 0) is 30.0 Å². The number of benzene rings is 1. The van der Waals surface area contributed by atoms with Crippen LogP contribution in [-0.4, -0.2) is 39.9 Å². The molecular formula is C14H18N2O3. The summed E-state index contributed by atoms with van der Waals surface area (Å²) >= 11 is 0. The zero-order chi connectivity index (χ0) is 13.9. The highest BCUT2D eigenvalue weighted by atomic mass is 16.3. The SMILES string of the molecule is CCC(CO)(CO)NC(=O)c1ccc2cc[nH]c2c1. The van der Waals surface area contributed by atoms with Crippen LogP contribution in [0, 0.1) is 0 Å². The molecular weight excluding hydrogens is 244 g/mol. The summed E-state index contributed by atoms with van der Waals surface area (Å²) in [7, 11) is 0. The average molecular weight is 262 g/mol. The number of hydrogen-bond donors (Lipinski definition) is 4. The van der Waals surface area contributed by atoms with Crippen molar-refractivity contribution in [2.24, 2.45) is 0 Å². The van der Waals surface area contributed by atoms with Gasteiger partial charge in [-0.1, -0.05) is 13.0 Å².